The van der Waals surface area contributed by atoms with Crippen LogP contribution < -0.4 is 15.4 Å². The summed E-state index contributed by atoms with van der Waals surface area (Å²) >= 11 is 6.11. The number of ether oxygens (including phenoxy) is 1. The van der Waals surface area contributed by atoms with Crippen molar-refractivity contribution in [1.82, 2.24) is 5.32 Å². The van der Waals surface area contributed by atoms with Crippen molar-refractivity contribution in [2.75, 3.05) is 12.0 Å². The second kappa shape index (κ2) is 7.38. The molecular weight excluding hydrogens is 312 g/mol. The van der Waals surface area contributed by atoms with Gasteiger partial charge in [-0.1, -0.05) is 29.3 Å². The lowest BCUT2D eigenvalue weighted by atomic mass is 10.1. The number of rotatable bonds is 4. The number of amides is 2. The Kier molecular flexibility index (Phi) is 5.50. The van der Waals surface area contributed by atoms with Crippen molar-refractivity contribution in [2.24, 2.45) is 0 Å². The Hall–Kier alpha value is -2.20. The van der Waals surface area contributed by atoms with Crippen LogP contribution in [0.15, 0.2) is 30.3 Å². The SMILES string of the molecule is Cc1ccc(NC(=O)NCOc2cc(C)c(Cl)c(C)c2)c(C)c1. The Morgan fingerprint density at radius 3 is 2.30 bits per heavy atom. The molecule has 0 aromatic heterocycles. The molecule has 0 unspecified atom stereocenters. The Bertz CT molecular complexity index is 706. The van der Waals surface area contributed by atoms with Gasteiger partial charge in [0.25, 0.3) is 0 Å². The molecule has 2 aromatic carbocycles. The summed E-state index contributed by atoms with van der Waals surface area (Å²) in [5.41, 5.74) is 4.85. The first-order valence-electron chi connectivity index (χ1n) is 7.38. The monoisotopic (exact) mass is 332 g/mol. The van der Waals surface area contributed by atoms with E-state index in [4.69, 9.17) is 16.3 Å². The van der Waals surface area contributed by atoms with E-state index in [2.05, 4.69) is 10.6 Å². The maximum absolute atomic E-state index is 11.9. The van der Waals surface area contributed by atoms with E-state index in [-0.39, 0.29) is 12.8 Å². The Balaban J connectivity index is 1.87. The second-order valence-electron chi connectivity index (χ2n) is 5.61. The van der Waals surface area contributed by atoms with E-state index in [9.17, 15) is 4.79 Å². The van der Waals surface area contributed by atoms with Crippen LogP contribution in [0.25, 0.3) is 0 Å². The zero-order valence-electron chi connectivity index (χ0n) is 13.8. The van der Waals surface area contributed by atoms with Crippen LogP contribution in [0.3, 0.4) is 0 Å². The normalized spacial score (nSPS) is 10.3. The molecule has 0 bridgehead atoms. The summed E-state index contributed by atoms with van der Waals surface area (Å²) in [6, 6.07) is 9.25. The molecule has 0 spiro atoms. The maximum atomic E-state index is 11.9. The minimum absolute atomic E-state index is 0.0806. The smallest absolute Gasteiger partial charge is 0.321 e. The molecule has 2 rings (SSSR count). The molecule has 0 aliphatic rings. The summed E-state index contributed by atoms with van der Waals surface area (Å²) in [4.78, 5) is 11.9. The van der Waals surface area contributed by atoms with Gasteiger partial charge >= 0.3 is 6.03 Å². The third-order valence-electron chi connectivity index (χ3n) is 3.51. The fourth-order valence-electron chi connectivity index (χ4n) is 2.29. The average molecular weight is 333 g/mol. The fraction of sp³-hybridized carbons (Fsp3) is 0.278. The third-order valence-corrected chi connectivity index (χ3v) is 4.11. The number of hydrogen-bond acceptors (Lipinski definition) is 2. The van der Waals surface area contributed by atoms with Crippen molar-refractivity contribution >= 4 is 23.3 Å². The summed E-state index contributed by atoms with van der Waals surface area (Å²) in [5.74, 6) is 0.677. The summed E-state index contributed by atoms with van der Waals surface area (Å²) in [6.45, 7) is 7.89. The molecule has 0 fully saturated rings. The van der Waals surface area contributed by atoms with Crippen molar-refractivity contribution in [3.8, 4) is 5.75 Å². The number of hydrogen-bond donors (Lipinski definition) is 2. The third kappa shape index (κ3) is 4.63. The van der Waals surface area contributed by atoms with E-state index >= 15 is 0 Å². The van der Waals surface area contributed by atoms with Crippen LogP contribution >= 0.6 is 11.6 Å². The quantitative estimate of drug-likeness (QED) is 0.795. The number of benzene rings is 2. The lowest BCUT2D eigenvalue weighted by Gasteiger charge is -2.12. The molecule has 122 valence electrons. The summed E-state index contributed by atoms with van der Waals surface area (Å²) in [5, 5.41) is 6.21. The van der Waals surface area contributed by atoms with Gasteiger partial charge in [0.15, 0.2) is 6.73 Å². The van der Waals surface area contributed by atoms with Gasteiger partial charge in [-0.3, -0.25) is 0 Å². The maximum Gasteiger partial charge on any atom is 0.321 e. The fourth-order valence-corrected chi connectivity index (χ4v) is 2.40. The number of carbonyl (C=O) groups is 1. The molecule has 2 aromatic rings. The van der Waals surface area contributed by atoms with Crippen LogP contribution in [0.5, 0.6) is 5.75 Å². The molecule has 2 amide bonds. The van der Waals surface area contributed by atoms with Crippen molar-refractivity contribution in [3.05, 3.63) is 57.6 Å². The van der Waals surface area contributed by atoms with Crippen molar-refractivity contribution < 1.29 is 9.53 Å². The summed E-state index contributed by atoms with van der Waals surface area (Å²) in [7, 11) is 0. The molecule has 2 N–H and O–H groups in total. The summed E-state index contributed by atoms with van der Waals surface area (Å²) in [6.07, 6.45) is 0. The largest absolute Gasteiger partial charge is 0.473 e. The molecule has 0 aliphatic carbocycles. The topological polar surface area (TPSA) is 50.4 Å². The molecule has 0 atom stereocenters. The number of urea groups is 1. The van der Waals surface area contributed by atoms with E-state index in [1.807, 2.05) is 58.0 Å². The van der Waals surface area contributed by atoms with Gasteiger partial charge in [-0.25, -0.2) is 4.79 Å². The van der Waals surface area contributed by atoms with Crippen LogP contribution in [-0.2, 0) is 0 Å². The minimum atomic E-state index is -0.306. The Morgan fingerprint density at radius 1 is 1.04 bits per heavy atom. The van der Waals surface area contributed by atoms with Gasteiger partial charge in [0.2, 0.25) is 0 Å². The highest BCUT2D eigenvalue weighted by Crippen LogP contribution is 2.25. The molecular formula is C18H21ClN2O2. The highest BCUT2D eigenvalue weighted by Gasteiger charge is 2.06. The molecule has 4 nitrogen and oxygen atoms in total. The molecule has 0 heterocycles. The average Bonchev–Trinajstić information content (AvgIpc) is 2.47. The number of anilines is 1. The standard InChI is InChI=1S/C18H21ClN2O2/c1-11-5-6-16(12(2)7-11)21-18(22)20-10-23-15-8-13(3)17(19)14(4)9-15/h5-9H,10H2,1-4H3,(H2,20,21,22). The highest BCUT2D eigenvalue weighted by atomic mass is 35.5. The van der Waals surface area contributed by atoms with Crippen molar-refractivity contribution in [3.63, 3.8) is 0 Å². The predicted molar refractivity (Wildman–Crippen MR) is 94.5 cm³/mol. The number of halogens is 1. The van der Waals surface area contributed by atoms with Gasteiger partial charge in [-0.05, 0) is 62.6 Å². The van der Waals surface area contributed by atoms with Crippen LogP contribution in [0.4, 0.5) is 10.5 Å². The van der Waals surface area contributed by atoms with Gasteiger partial charge in [-0.15, -0.1) is 0 Å². The Labute approximate surface area is 141 Å². The van der Waals surface area contributed by atoms with Crippen LogP contribution in [0.2, 0.25) is 5.02 Å². The second-order valence-corrected chi connectivity index (χ2v) is 5.99. The van der Waals surface area contributed by atoms with Crippen molar-refractivity contribution in [2.45, 2.75) is 27.7 Å². The zero-order valence-corrected chi connectivity index (χ0v) is 14.5. The van der Waals surface area contributed by atoms with Gasteiger partial charge in [0, 0.05) is 10.7 Å². The van der Waals surface area contributed by atoms with Gasteiger partial charge < -0.3 is 15.4 Å². The van der Waals surface area contributed by atoms with Crippen LogP contribution in [0, 0.1) is 27.7 Å². The molecule has 23 heavy (non-hydrogen) atoms. The van der Waals surface area contributed by atoms with Gasteiger partial charge in [0.1, 0.15) is 5.75 Å². The molecule has 0 saturated carbocycles. The van der Waals surface area contributed by atoms with E-state index in [1.54, 1.807) is 0 Å². The molecule has 0 saturated heterocycles. The van der Waals surface area contributed by atoms with E-state index in [0.29, 0.717) is 5.75 Å². The molecule has 0 aliphatic heterocycles. The first kappa shape index (κ1) is 17.2. The van der Waals surface area contributed by atoms with Crippen LogP contribution in [0.1, 0.15) is 22.3 Å². The van der Waals surface area contributed by atoms with Gasteiger partial charge in [0.05, 0.1) is 0 Å². The predicted octanol–water partition coefficient (Wildman–Crippen LogP) is 4.73. The Morgan fingerprint density at radius 2 is 1.70 bits per heavy atom. The summed E-state index contributed by atoms with van der Waals surface area (Å²) < 4.78 is 5.55. The highest BCUT2D eigenvalue weighted by molar-refractivity contribution is 6.32. The molecule has 5 heteroatoms. The number of nitrogens with one attached hydrogen (secondary N) is 2. The zero-order chi connectivity index (χ0) is 17.0. The van der Waals surface area contributed by atoms with E-state index in [0.717, 1.165) is 33.0 Å². The number of carbonyl (C=O) groups excluding carboxylic acids is 1. The minimum Gasteiger partial charge on any atom is -0.473 e. The number of aryl methyl sites for hydroxylation is 4. The lowest BCUT2D eigenvalue weighted by Crippen LogP contribution is -2.32. The first-order chi connectivity index (χ1) is 10.9. The van der Waals surface area contributed by atoms with Crippen LogP contribution in [-0.4, -0.2) is 12.8 Å². The van der Waals surface area contributed by atoms with E-state index in [1.165, 1.54) is 0 Å². The molecule has 0 radical (unpaired) electrons. The first-order valence-corrected chi connectivity index (χ1v) is 7.76. The lowest BCUT2D eigenvalue weighted by molar-refractivity contribution is 0.234. The van der Waals surface area contributed by atoms with Gasteiger partial charge in [-0.2, -0.15) is 0 Å². The van der Waals surface area contributed by atoms with E-state index < -0.39 is 0 Å². The van der Waals surface area contributed by atoms with Crippen molar-refractivity contribution in [1.29, 1.82) is 0 Å².